The molecule has 0 atom stereocenters. The van der Waals surface area contributed by atoms with Gasteiger partial charge in [-0.25, -0.2) is 4.79 Å². The maximum atomic E-state index is 13.0. The highest BCUT2D eigenvalue weighted by Gasteiger charge is 2.27. The number of nitrogens with zero attached hydrogens (tertiary/aromatic N) is 3. The van der Waals surface area contributed by atoms with E-state index in [2.05, 4.69) is 71.6 Å². The van der Waals surface area contributed by atoms with E-state index in [1.807, 2.05) is 29.2 Å². The van der Waals surface area contributed by atoms with Gasteiger partial charge in [-0.05, 0) is 74.0 Å². The summed E-state index contributed by atoms with van der Waals surface area (Å²) in [6.45, 7) is 9.79. The molecule has 1 fully saturated rings. The zero-order valence-electron chi connectivity index (χ0n) is 24.6. The van der Waals surface area contributed by atoms with Gasteiger partial charge in [0.05, 0.1) is 11.4 Å². The molecule has 42 heavy (non-hydrogen) atoms. The van der Waals surface area contributed by atoms with Crippen LogP contribution in [0, 0.1) is 12.8 Å². The van der Waals surface area contributed by atoms with Crippen molar-refractivity contribution in [1.82, 2.24) is 4.90 Å². The van der Waals surface area contributed by atoms with E-state index in [-0.39, 0.29) is 17.6 Å². The third-order valence-electron chi connectivity index (χ3n) is 8.18. The second-order valence-corrected chi connectivity index (χ2v) is 11.9. The minimum atomic E-state index is -1.06. The number of furan rings is 1. The maximum Gasteiger partial charge on any atom is 0.372 e. The number of fused-ring (bicyclic) bond motifs is 1. The van der Waals surface area contributed by atoms with Crippen LogP contribution in [0.5, 0.6) is 0 Å². The van der Waals surface area contributed by atoms with E-state index in [1.165, 1.54) is 5.56 Å². The van der Waals surface area contributed by atoms with Gasteiger partial charge >= 0.3 is 5.97 Å². The molecule has 8 heteroatoms. The van der Waals surface area contributed by atoms with Gasteiger partial charge in [-0.3, -0.25) is 4.79 Å². The quantitative estimate of drug-likeness (QED) is 0.185. The summed E-state index contributed by atoms with van der Waals surface area (Å²) in [5.41, 5.74) is 4.75. The molecule has 0 radical (unpaired) electrons. The molecule has 4 aromatic rings. The number of rotatable bonds is 11. The van der Waals surface area contributed by atoms with Crippen LogP contribution in [0.15, 0.2) is 82.1 Å². The van der Waals surface area contributed by atoms with Crippen LogP contribution < -0.4 is 9.21 Å². The zero-order chi connectivity index (χ0) is 29.6. The van der Waals surface area contributed by atoms with Crippen LogP contribution in [-0.4, -0.2) is 54.6 Å². The average molecular weight is 586 g/mol. The van der Waals surface area contributed by atoms with E-state index in [1.54, 1.807) is 18.9 Å². The summed E-state index contributed by atoms with van der Waals surface area (Å²) in [4.78, 5) is 30.1. The van der Waals surface area contributed by atoms with Crippen molar-refractivity contribution in [1.29, 1.82) is 0 Å². The number of anilines is 2. The van der Waals surface area contributed by atoms with Gasteiger partial charge in [0.1, 0.15) is 5.58 Å². The molecule has 1 aliphatic heterocycles. The molecule has 1 saturated heterocycles. The highest BCUT2D eigenvalue weighted by atomic mass is 32.2. The zero-order valence-corrected chi connectivity index (χ0v) is 25.4. The van der Waals surface area contributed by atoms with Crippen molar-refractivity contribution in [2.24, 2.45) is 5.92 Å². The number of hydrogen-bond donors (Lipinski definition) is 1. The average Bonchev–Trinajstić information content (AvgIpc) is 3.36. The third-order valence-corrected chi connectivity index (χ3v) is 9.25. The van der Waals surface area contributed by atoms with E-state index in [4.69, 9.17) is 4.42 Å². The molecule has 220 valence electrons. The van der Waals surface area contributed by atoms with E-state index >= 15 is 0 Å². The first kappa shape index (κ1) is 29.6. The number of carbonyl (C=O) groups is 2. The van der Waals surface area contributed by atoms with Crippen LogP contribution in [-0.2, 0) is 11.2 Å². The van der Waals surface area contributed by atoms with Gasteiger partial charge in [0, 0.05) is 54.5 Å². The maximum absolute atomic E-state index is 13.0. The Bertz CT molecular complexity index is 1520. The van der Waals surface area contributed by atoms with Crippen molar-refractivity contribution in [2.75, 3.05) is 41.9 Å². The lowest BCUT2D eigenvalue weighted by Crippen LogP contribution is -2.50. The van der Waals surface area contributed by atoms with Crippen LogP contribution in [0.3, 0.4) is 0 Å². The summed E-state index contributed by atoms with van der Waals surface area (Å²) in [7, 11) is 0. The first-order valence-corrected chi connectivity index (χ1v) is 15.6. The molecule has 2 heterocycles. The van der Waals surface area contributed by atoms with Gasteiger partial charge in [-0.2, -0.15) is 0 Å². The molecule has 0 aliphatic carbocycles. The predicted octanol–water partition coefficient (Wildman–Crippen LogP) is 7.28. The molecular formula is C34H39N3O4S. The van der Waals surface area contributed by atoms with Crippen LogP contribution in [0.1, 0.15) is 48.4 Å². The summed E-state index contributed by atoms with van der Waals surface area (Å²) in [6.07, 6.45) is 2.64. The monoisotopic (exact) mass is 585 g/mol. The van der Waals surface area contributed by atoms with Gasteiger partial charge in [0.15, 0.2) is 0 Å². The summed E-state index contributed by atoms with van der Waals surface area (Å²) in [6, 6.07) is 24.8. The fraction of sp³-hybridized carbons (Fsp3) is 0.353. The number of hydrogen-bond acceptors (Lipinski definition) is 6. The minimum absolute atomic E-state index is 0.0137. The summed E-state index contributed by atoms with van der Waals surface area (Å²) in [5, 5.41) is 10.3. The number of carboxylic acids is 1. The molecular weight excluding hydrogens is 546 g/mol. The second kappa shape index (κ2) is 13.4. The SMILES string of the molecule is CCC(CC)C(=O)N1CCN(c2ccccc2N(CCc2ccccc2)Sc2ccc3oc(C(=O)O)c(C)c3c2)CC1. The van der Waals surface area contributed by atoms with Crippen molar-refractivity contribution in [2.45, 2.75) is 44.9 Å². The Morgan fingerprint density at radius 2 is 1.64 bits per heavy atom. The Labute approximate surface area is 252 Å². The number of aromatic carboxylic acids is 1. The largest absolute Gasteiger partial charge is 0.475 e. The molecule has 1 aliphatic rings. The highest BCUT2D eigenvalue weighted by Crippen LogP contribution is 2.38. The van der Waals surface area contributed by atoms with E-state index in [9.17, 15) is 14.7 Å². The number of carbonyl (C=O) groups excluding carboxylic acids is 1. The predicted molar refractivity (Wildman–Crippen MR) is 171 cm³/mol. The molecule has 3 aromatic carbocycles. The lowest BCUT2D eigenvalue weighted by atomic mass is 10.0. The highest BCUT2D eigenvalue weighted by molar-refractivity contribution is 8.00. The lowest BCUT2D eigenvalue weighted by molar-refractivity contribution is -0.136. The van der Waals surface area contributed by atoms with Gasteiger partial charge in [-0.15, -0.1) is 0 Å². The van der Waals surface area contributed by atoms with Crippen molar-refractivity contribution < 1.29 is 19.1 Å². The topological polar surface area (TPSA) is 77.2 Å². The van der Waals surface area contributed by atoms with Gasteiger partial charge in [0.25, 0.3) is 0 Å². The van der Waals surface area contributed by atoms with Crippen molar-refractivity contribution >= 4 is 46.2 Å². The molecule has 1 aromatic heterocycles. The molecule has 5 rings (SSSR count). The molecule has 0 spiro atoms. The summed E-state index contributed by atoms with van der Waals surface area (Å²) in [5.74, 6) is -0.682. The first-order chi connectivity index (χ1) is 20.4. The van der Waals surface area contributed by atoms with Crippen molar-refractivity contribution in [3.05, 3.63) is 89.7 Å². The Kier molecular flexibility index (Phi) is 9.42. The number of aryl methyl sites for hydroxylation is 1. The fourth-order valence-electron chi connectivity index (χ4n) is 5.68. The molecule has 7 nitrogen and oxygen atoms in total. The first-order valence-electron chi connectivity index (χ1n) is 14.8. The van der Waals surface area contributed by atoms with Crippen LogP contribution in [0.2, 0.25) is 0 Å². The third kappa shape index (κ3) is 6.44. The van der Waals surface area contributed by atoms with E-state index in [0.29, 0.717) is 11.1 Å². The number of amides is 1. The molecule has 1 amide bonds. The second-order valence-electron chi connectivity index (χ2n) is 10.8. The van der Waals surface area contributed by atoms with Gasteiger partial charge in [0.2, 0.25) is 11.7 Å². The number of carboxylic acid groups (broad SMARTS) is 1. The Hall–Kier alpha value is -3.91. The van der Waals surface area contributed by atoms with Crippen LogP contribution >= 0.6 is 11.9 Å². The fourth-order valence-corrected chi connectivity index (χ4v) is 6.67. The van der Waals surface area contributed by atoms with Gasteiger partial charge in [-0.1, -0.05) is 56.3 Å². The number of para-hydroxylation sites is 2. The van der Waals surface area contributed by atoms with Crippen LogP contribution in [0.25, 0.3) is 11.0 Å². The van der Waals surface area contributed by atoms with Crippen molar-refractivity contribution in [3.8, 4) is 0 Å². The minimum Gasteiger partial charge on any atom is -0.475 e. The van der Waals surface area contributed by atoms with Gasteiger partial charge < -0.3 is 23.6 Å². The summed E-state index contributed by atoms with van der Waals surface area (Å²) >= 11 is 1.65. The molecule has 0 bridgehead atoms. The van der Waals surface area contributed by atoms with E-state index in [0.717, 1.165) is 73.6 Å². The smallest absolute Gasteiger partial charge is 0.372 e. The molecule has 0 unspecified atom stereocenters. The Morgan fingerprint density at radius 3 is 2.33 bits per heavy atom. The molecule has 1 N–H and O–H groups in total. The number of benzene rings is 3. The van der Waals surface area contributed by atoms with Crippen LogP contribution in [0.4, 0.5) is 11.4 Å². The lowest BCUT2D eigenvalue weighted by Gasteiger charge is -2.39. The van der Waals surface area contributed by atoms with E-state index < -0.39 is 5.97 Å². The standard InChI is InChI=1S/C34H39N3O4S/c1-4-26(5-2)33(38)36-21-19-35(20-22-36)29-13-9-10-14-30(29)37(18-17-25-11-7-6-8-12-25)42-27-15-16-31-28(23-27)24(3)32(41-31)34(39)40/h6-16,23,26H,4-5,17-22H2,1-3H3,(H,39,40). The Balaban J connectivity index is 1.41. The molecule has 0 saturated carbocycles. The number of piperazine rings is 1. The normalized spacial score (nSPS) is 13.6. The summed E-state index contributed by atoms with van der Waals surface area (Å²) < 4.78 is 7.94. The Morgan fingerprint density at radius 1 is 0.952 bits per heavy atom. The van der Waals surface area contributed by atoms with Crippen molar-refractivity contribution in [3.63, 3.8) is 0 Å².